The zero-order valence-corrected chi connectivity index (χ0v) is 11.5. The minimum atomic E-state index is -0.512. The van der Waals surface area contributed by atoms with Crippen LogP contribution < -0.4 is 16.2 Å². The quantitative estimate of drug-likeness (QED) is 0.890. The molecule has 20 heavy (non-hydrogen) atoms. The van der Waals surface area contributed by atoms with Crippen molar-refractivity contribution in [2.24, 2.45) is 7.05 Å². The molecule has 0 spiro atoms. The number of carbonyl (C=O) groups is 1. The first-order valence-electron chi connectivity index (χ1n) is 6.13. The van der Waals surface area contributed by atoms with Gasteiger partial charge in [0.05, 0.1) is 6.04 Å². The second-order valence-corrected chi connectivity index (χ2v) is 4.46. The lowest BCUT2D eigenvalue weighted by Gasteiger charge is -2.12. The smallest absolute Gasteiger partial charge is 0.321 e. The predicted molar refractivity (Wildman–Crippen MR) is 73.5 cm³/mol. The summed E-state index contributed by atoms with van der Waals surface area (Å²) in [5.74, 6) is 1.40. The lowest BCUT2D eigenvalue weighted by atomic mass is 10.2. The van der Waals surface area contributed by atoms with Gasteiger partial charge in [0.15, 0.2) is 0 Å². The summed E-state index contributed by atoms with van der Waals surface area (Å²) in [6.07, 6.45) is 2.95. The van der Waals surface area contributed by atoms with Gasteiger partial charge >= 0.3 is 6.03 Å². The molecular formula is C13H16N4O3. The number of hydrogen-bond acceptors (Lipinski definition) is 4. The first-order chi connectivity index (χ1) is 9.47. The van der Waals surface area contributed by atoms with Crippen LogP contribution >= 0.6 is 0 Å². The third-order valence-electron chi connectivity index (χ3n) is 2.78. The molecule has 2 aromatic heterocycles. The molecule has 2 rings (SSSR count). The van der Waals surface area contributed by atoms with Crippen LogP contribution in [0.25, 0.3) is 0 Å². The van der Waals surface area contributed by atoms with E-state index in [1.54, 1.807) is 20.0 Å². The zero-order valence-electron chi connectivity index (χ0n) is 11.5. The van der Waals surface area contributed by atoms with Crippen LogP contribution in [0.15, 0.2) is 33.7 Å². The van der Waals surface area contributed by atoms with Crippen LogP contribution in [0.2, 0.25) is 0 Å². The lowest BCUT2D eigenvalue weighted by Crippen LogP contribution is -2.34. The summed E-state index contributed by atoms with van der Waals surface area (Å²) in [7, 11) is 1.58. The number of rotatable bonds is 3. The fraction of sp³-hybridized carbons (Fsp3) is 0.308. The number of amides is 2. The average Bonchev–Trinajstić information content (AvgIpc) is 2.82. The Balaban J connectivity index is 2.02. The first-order valence-corrected chi connectivity index (χ1v) is 6.13. The van der Waals surface area contributed by atoms with E-state index in [1.165, 1.54) is 17.0 Å². The van der Waals surface area contributed by atoms with Crippen molar-refractivity contribution < 1.29 is 9.21 Å². The van der Waals surface area contributed by atoms with Crippen molar-refractivity contribution in [2.75, 3.05) is 5.32 Å². The van der Waals surface area contributed by atoms with Gasteiger partial charge in [0.25, 0.3) is 5.56 Å². The highest BCUT2D eigenvalue weighted by Crippen LogP contribution is 2.15. The number of anilines is 1. The topological polar surface area (TPSA) is 89.2 Å². The monoisotopic (exact) mass is 276 g/mol. The number of furan rings is 1. The van der Waals surface area contributed by atoms with Gasteiger partial charge in [-0.25, -0.2) is 9.78 Å². The number of carbonyl (C=O) groups excluding carboxylic acids is 1. The number of aromatic nitrogens is 2. The van der Waals surface area contributed by atoms with Gasteiger partial charge in [-0.1, -0.05) is 0 Å². The highest BCUT2D eigenvalue weighted by Gasteiger charge is 2.14. The van der Waals surface area contributed by atoms with Crippen LogP contribution in [0.5, 0.6) is 0 Å². The van der Waals surface area contributed by atoms with E-state index < -0.39 is 6.03 Å². The van der Waals surface area contributed by atoms with Crippen molar-refractivity contribution in [3.63, 3.8) is 0 Å². The molecule has 0 aliphatic rings. The maximum Gasteiger partial charge on any atom is 0.321 e. The van der Waals surface area contributed by atoms with Crippen LogP contribution in [-0.2, 0) is 7.05 Å². The molecule has 0 saturated carbocycles. The Labute approximate surface area is 115 Å². The van der Waals surface area contributed by atoms with Crippen LogP contribution in [0.4, 0.5) is 10.6 Å². The van der Waals surface area contributed by atoms with Gasteiger partial charge in [-0.15, -0.1) is 0 Å². The van der Waals surface area contributed by atoms with Gasteiger partial charge in [0, 0.05) is 19.4 Å². The van der Waals surface area contributed by atoms with E-state index in [4.69, 9.17) is 4.42 Å². The SMILES string of the molecule is Cc1ccc(C(C)NC(=O)Nc2nccn(C)c2=O)o1. The number of nitrogens with zero attached hydrogens (tertiary/aromatic N) is 2. The van der Waals surface area contributed by atoms with Gasteiger partial charge in [0.1, 0.15) is 11.5 Å². The van der Waals surface area contributed by atoms with E-state index in [9.17, 15) is 9.59 Å². The second-order valence-electron chi connectivity index (χ2n) is 4.46. The van der Waals surface area contributed by atoms with Crippen LogP contribution in [0.1, 0.15) is 24.5 Å². The predicted octanol–water partition coefficient (Wildman–Crippen LogP) is 1.56. The molecule has 0 radical (unpaired) electrons. The number of nitrogens with one attached hydrogen (secondary N) is 2. The molecule has 2 amide bonds. The van der Waals surface area contributed by atoms with Crippen molar-refractivity contribution in [1.29, 1.82) is 0 Å². The summed E-state index contributed by atoms with van der Waals surface area (Å²) in [5.41, 5.74) is -0.371. The third kappa shape index (κ3) is 3.05. The Kier molecular flexibility index (Phi) is 3.88. The minimum Gasteiger partial charge on any atom is -0.464 e. The van der Waals surface area contributed by atoms with Gasteiger partial charge in [0.2, 0.25) is 5.82 Å². The summed E-state index contributed by atoms with van der Waals surface area (Å²) < 4.78 is 6.75. The largest absolute Gasteiger partial charge is 0.464 e. The van der Waals surface area contributed by atoms with E-state index in [2.05, 4.69) is 15.6 Å². The molecular weight excluding hydrogens is 260 g/mol. The minimum absolute atomic E-state index is 0.0182. The Bertz CT molecular complexity index is 674. The van der Waals surface area contributed by atoms with Gasteiger partial charge in [-0.3, -0.25) is 10.1 Å². The summed E-state index contributed by atoms with van der Waals surface area (Å²) >= 11 is 0. The molecule has 0 saturated heterocycles. The van der Waals surface area contributed by atoms with E-state index in [1.807, 2.05) is 13.0 Å². The van der Waals surface area contributed by atoms with Gasteiger partial charge in [-0.2, -0.15) is 0 Å². The van der Waals surface area contributed by atoms with Crippen molar-refractivity contribution in [3.8, 4) is 0 Å². The van der Waals surface area contributed by atoms with Crippen molar-refractivity contribution in [3.05, 3.63) is 46.4 Å². The van der Waals surface area contributed by atoms with Crippen LogP contribution in [-0.4, -0.2) is 15.6 Å². The second kappa shape index (κ2) is 5.60. The molecule has 2 aromatic rings. The highest BCUT2D eigenvalue weighted by molar-refractivity contribution is 5.88. The van der Waals surface area contributed by atoms with Crippen molar-refractivity contribution in [1.82, 2.24) is 14.9 Å². The van der Waals surface area contributed by atoms with E-state index in [-0.39, 0.29) is 17.4 Å². The van der Waals surface area contributed by atoms with Crippen molar-refractivity contribution >= 4 is 11.8 Å². The molecule has 0 aromatic carbocycles. The third-order valence-corrected chi connectivity index (χ3v) is 2.78. The molecule has 0 aliphatic carbocycles. The molecule has 0 fully saturated rings. The number of aryl methyl sites for hydroxylation is 2. The lowest BCUT2D eigenvalue weighted by molar-refractivity contribution is 0.247. The average molecular weight is 276 g/mol. The van der Waals surface area contributed by atoms with E-state index >= 15 is 0 Å². The fourth-order valence-corrected chi connectivity index (χ4v) is 1.68. The first kappa shape index (κ1) is 13.9. The maximum absolute atomic E-state index is 11.8. The molecule has 0 bridgehead atoms. The van der Waals surface area contributed by atoms with Crippen molar-refractivity contribution in [2.45, 2.75) is 19.9 Å². The maximum atomic E-state index is 11.8. The Morgan fingerprint density at radius 1 is 1.45 bits per heavy atom. The summed E-state index contributed by atoms with van der Waals surface area (Å²) in [6, 6.07) is 2.79. The van der Waals surface area contributed by atoms with Crippen LogP contribution in [0.3, 0.4) is 0 Å². The molecule has 106 valence electrons. The fourth-order valence-electron chi connectivity index (χ4n) is 1.68. The van der Waals surface area contributed by atoms with Gasteiger partial charge < -0.3 is 14.3 Å². The molecule has 2 N–H and O–H groups in total. The number of urea groups is 1. The Hall–Kier alpha value is -2.57. The summed E-state index contributed by atoms with van der Waals surface area (Å²) in [4.78, 5) is 27.4. The normalized spacial score (nSPS) is 11.9. The standard InChI is InChI=1S/C13H16N4O3/c1-8-4-5-10(20-8)9(2)15-13(19)16-11-12(18)17(3)7-6-14-11/h4-7,9H,1-3H3,(H2,14,15,16,19). The zero-order chi connectivity index (χ0) is 14.7. The Morgan fingerprint density at radius 3 is 2.85 bits per heavy atom. The molecule has 0 aliphatic heterocycles. The summed E-state index contributed by atoms with van der Waals surface area (Å²) in [5, 5.41) is 5.10. The molecule has 7 heteroatoms. The van der Waals surface area contributed by atoms with Gasteiger partial charge in [-0.05, 0) is 26.0 Å². The molecule has 7 nitrogen and oxygen atoms in total. The molecule has 1 atom stereocenters. The Morgan fingerprint density at radius 2 is 2.20 bits per heavy atom. The van der Waals surface area contributed by atoms with E-state index in [0.717, 1.165) is 5.76 Å². The highest BCUT2D eigenvalue weighted by atomic mass is 16.3. The number of hydrogen-bond donors (Lipinski definition) is 2. The molecule has 1 unspecified atom stereocenters. The van der Waals surface area contributed by atoms with Crippen LogP contribution in [0, 0.1) is 6.92 Å². The summed E-state index contributed by atoms with van der Waals surface area (Å²) in [6.45, 7) is 3.61. The molecule has 2 heterocycles. The van der Waals surface area contributed by atoms with E-state index in [0.29, 0.717) is 5.76 Å².